The SMILES string of the molecule is Fc1ccc(C2=NC(c3ccncc3)=C(c3ccc4nccn4c3)C2)cc1. The number of rotatable bonds is 3. The number of imidazole rings is 1. The summed E-state index contributed by atoms with van der Waals surface area (Å²) in [6.45, 7) is 0. The van der Waals surface area contributed by atoms with E-state index in [9.17, 15) is 4.39 Å². The third-order valence-electron chi connectivity index (χ3n) is 4.75. The van der Waals surface area contributed by atoms with Crippen molar-refractivity contribution in [3.63, 3.8) is 0 Å². The molecule has 0 amide bonds. The fraction of sp³-hybridized carbons (Fsp3) is 0.0455. The van der Waals surface area contributed by atoms with Crippen LogP contribution in [0.15, 0.2) is 84.5 Å². The molecule has 130 valence electrons. The lowest BCUT2D eigenvalue weighted by molar-refractivity contribution is 0.628. The number of pyridine rings is 2. The van der Waals surface area contributed by atoms with E-state index in [2.05, 4.69) is 22.2 Å². The number of fused-ring (bicyclic) bond motifs is 1. The van der Waals surface area contributed by atoms with E-state index in [1.807, 2.05) is 28.8 Å². The van der Waals surface area contributed by atoms with Gasteiger partial charge in [-0.2, -0.15) is 0 Å². The van der Waals surface area contributed by atoms with Crippen LogP contribution in [0.25, 0.3) is 16.9 Å². The fourth-order valence-electron chi connectivity index (χ4n) is 3.39. The van der Waals surface area contributed by atoms with Crippen LogP contribution in [0.4, 0.5) is 4.39 Å². The summed E-state index contributed by atoms with van der Waals surface area (Å²) in [5.74, 6) is -0.245. The number of allylic oxidation sites excluding steroid dienone is 1. The van der Waals surface area contributed by atoms with Crippen molar-refractivity contribution in [3.8, 4) is 0 Å². The van der Waals surface area contributed by atoms with Gasteiger partial charge >= 0.3 is 0 Å². The zero-order valence-electron chi connectivity index (χ0n) is 14.4. The van der Waals surface area contributed by atoms with Gasteiger partial charge in [-0.25, -0.2) is 9.37 Å². The Balaban J connectivity index is 1.63. The van der Waals surface area contributed by atoms with Gasteiger partial charge in [-0.3, -0.25) is 9.98 Å². The molecule has 1 aliphatic rings. The van der Waals surface area contributed by atoms with E-state index in [1.165, 1.54) is 12.1 Å². The lowest BCUT2D eigenvalue weighted by atomic mass is 9.97. The van der Waals surface area contributed by atoms with E-state index in [0.717, 1.165) is 39.3 Å². The van der Waals surface area contributed by atoms with Gasteiger partial charge in [0.25, 0.3) is 0 Å². The van der Waals surface area contributed by atoms with Crippen molar-refractivity contribution in [2.24, 2.45) is 4.99 Å². The molecule has 4 nitrogen and oxygen atoms in total. The Kier molecular flexibility index (Phi) is 3.64. The van der Waals surface area contributed by atoms with Crippen LogP contribution in [0.2, 0.25) is 0 Å². The van der Waals surface area contributed by atoms with E-state index >= 15 is 0 Å². The molecular weight excluding hydrogens is 339 g/mol. The molecular formula is C22H15FN4. The molecule has 5 heteroatoms. The van der Waals surface area contributed by atoms with Gasteiger partial charge in [-0.15, -0.1) is 0 Å². The molecule has 0 saturated carbocycles. The fourth-order valence-corrected chi connectivity index (χ4v) is 3.39. The van der Waals surface area contributed by atoms with Gasteiger partial charge < -0.3 is 4.40 Å². The van der Waals surface area contributed by atoms with Gasteiger partial charge in [0.2, 0.25) is 0 Å². The standard InChI is InChI=1S/C22H15FN4/c23-18-4-1-15(2-5-18)20-13-19(22(26-20)16-7-9-24-10-8-16)17-3-6-21-25-11-12-27(21)14-17/h1-12,14H,13H2. The van der Waals surface area contributed by atoms with Crippen LogP contribution < -0.4 is 0 Å². The molecule has 0 saturated heterocycles. The first kappa shape index (κ1) is 15.6. The maximum Gasteiger partial charge on any atom is 0.136 e. The van der Waals surface area contributed by atoms with E-state index < -0.39 is 0 Å². The molecule has 27 heavy (non-hydrogen) atoms. The molecule has 0 spiro atoms. The second-order valence-electron chi connectivity index (χ2n) is 6.42. The third kappa shape index (κ3) is 2.83. The average molecular weight is 354 g/mol. The van der Waals surface area contributed by atoms with Crippen LogP contribution in [-0.2, 0) is 0 Å². The van der Waals surface area contributed by atoms with Gasteiger partial charge in [-0.05, 0) is 53.1 Å². The Hall–Kier alpha value is -3.60. The van der Waals surface area contributed by atoms with Gasteiger partial charge in [0.05, 0.1) is 11.4 Å². The average Bonchev–Trinajstić information content (AvgIpc) is 3.36. The predicted molar refractivity (Wildman–Crippen MR) is 104 cm³/mol. The summed E-state index contributed by atoms with van der Waals surface area (Å²) in [6.07, 6.45) is 10.0. The number of hydrogen-bond donors (Lipinski definition) is 0. The molecule has 0 N–H and O–H groups in total. The highest BCUT2D eigenvalue weighted by Gasteiger charge is 2.22. The van der Waals surface area contributed by atoms with Crippen molar-refractivity contribution < 1.29 is 4.39 Å². The summed E-state index contributed by atoms with van der Waals surface area (Å²) in [6, 6.07) is 14.5. The monoisotopic (exact) mass is 354 g/mol. The van der Waals surface area contributed by atoms with Crippen molar-refractivity contribution in [1.82, 2.24) is 14.4 Å². The molecule has 0 atom stereocenters. The normalized spacial score (nSPS) is 14.0. The first-order valence-electron chi connectivity index (χ1n) is 8.68. The van der Waals surface area contributed by atoms with Gasteiger partial charge in [0.1, 0.15) is 11.5 Å². The van der Waals surface area contributed by atoms with Crippen LogP contribution in [0.3, 0.4) is 0 Å². The summed E-state index contributed by atoms with van der Waals surface area (Å²) in [4.78, 5) is 13.3. The molecule has 1 aromatic carbocycles. The largest absolute Gasteiger partial charge is 0.307 e. The van der Waals surface area contributed by atoms with E-state index in [-0.39, 0.29) is 5.82 Å². The van der Waals surface area contributed by atoms with Crippen molar-refractivity contribution in [1.29, 1.82) is 0 Å². The molecule has 5 rings (SSSR count). The van der Waals surface area contributed by atoms with Crippen LogP contribution in [0.1, 0.15) is 23.1 Å². The van der Waals surface area contributed by atoms with Gasteiger partial charge in [-0.1, -0.05) is 12.1 Å². The highest BCUT2D eigenvalue weighted by Crippen LogP contribution is 2.37. The van der Waals surface area contributed by atoms with Crippen molar-refractivity contribution in [2.75, 3.05) is 0 Å². The van der Waals surface area contributed by atoms with E-state index in [1.54, 1.807) is 30.7 Å². The molecule has 1 aliphatic heterocycles. The number of hydrogen-bond acceptors (Lipinski definition) is 3. The lowest BCUT2D eigenvalue weighted by Gasteiger charge is -2.07. The van der Waals surface area contributed by atoms with Gasteiger partial charge in [0.15, 0.2) is 0 Å². The molecule has 4 heterocycles. The zero-order chi connectivity index (χ0) is 18.2. The topological polar surface area (TPSA) is 42.5 Å². The van der Waals surface area contributed by atoms with Crippen LogP contribution >= 0.6 is 0 Å². The molecule has 3 aromatic heterocycles. The minimum atomic E-state index is -0.245. The van der Waals surface area contributed by atoms with Crippen molar-refractivity contribution in [2.45, 2.75) is 6.42 Å². The summed E-state index contributed by atoms with van der Waals surface area (Å²) < 4.78 is 15.3. The third-order valence-corrected chi connectivity index (χ3v) is 4.75. The van der Waals surface area contributed by atoms with Gasteiger partial charge in [0, 0.05) is 43.0 Å². The Labute approximate surface area is 155 Å². The van der Waals surface area contributed by atoms with E-state index in [0.29, 0.717) is 6.42 Å². The lowest BCUT2D eigenvalue weighted by Crippen LogP contribution is -1.98. The highest BCUT2D eigenvalue weighted by atomic mass is 19.1. The van der Waals surface area contributed by atoms with Crippen molar-refractivity contribution >= 4 is 22.6 Å². The van der Waals surface area contributed by atoms with Crippen LogP contribution in [0, 0.1) is 5.82 Å². The van der Waals surface area contributed by atoms with Crippen LogP contribution in [-0.4, -0.2) is 20.1 Å². The van der Waals surface area contributed by atoms with E-state index in [4.69, 9.17) is 4.99 Å². The number of halogens is 1. The summed E-state index contributed by atoms with van der Waals surface area (Å²) in [5.41, 5.74) is 6.94. The first-order chi connectivity index (χ1) is 13.3. The number of aromatic nitrogens is 3. The Morgan fingerprint density at radius 2 is 1.59 bits per heavy atom. The minimum absolute atomic E-state index is 0.245. The number of nitrogens with zero attached hydrogens (tertiary/aromatic N) is 4. The number of aliphatic imine (C=N–C) groups is 1. The predicted octanol–water partition coefficient (Wildman–Crippen LogP) is 4.63. The quantitative estimate of drug-likeness (QED) is 0.538. The zero-order valence-corrected chi connectivity index (χ0v) is 14.4. The molecule has 0 unspecified atom stereocenters. The number of benzene rings is 1. The molecule has 0 aliphatic carbocycles. The minimum Gasteiger partial charge on any atom is -0.307 e. The second kappa shape index (κ2) is 6.29. The summed E-state index contributed by atoms with van der Waals surface area (Å²) in [5, 5.41) is 0. The van der Waals surface area contributed by atoms with Crippen molar-refractivity contribution in [3.05, 3.63) is 102 Å². The Morgan fingerprint density at radius 1 is 0.815 bits per heavy atom. The molecule has 0 bridgehead atoms. The highest BCUT2D eigenvalue weighted by molar-refractivity contribution is 6.16. The smallest absolute Gasteiger partial charge is 0.136 e. The Bertz CT molecular complexity index is 1190. The van der Waals surface area contributed by atoms with Crippen LogP contribution in [0.5, 0.6) is 0 Å². The first-order valence-corrected chi connectivity index (χ1v) is 8.68. The molecule has 0 radical (unpaired) electrons. The Morgan fingerprint density at radius 3 is 2.41 bits per heavy atom. The maximum absolute atomic E-state index is 13.3. The molecule has 4 aromatic rings. The second-order valence-corrected chi connectivity index (χ2v) is 6.42. The molecule has 0 fully saturated rings. The summed E-state index contributed by atoms with van der Waals surface area (Å²) >= 11 is 0. The summed E-state index contributed by atoms with van der Waals surface area (Å²) in [7, 11) is 0. The maximum atomic E-state index is 13.3.